The highest BCUT2D eigenvalue weighted by atomic mass is 17.3. The fourth-order valence-corrected chi connectivity index (χ4v) is 3.22. The van der Waals surface area contributed by atoms with Gasteiger partial charge in [0, 0.05) is 6.61 Å². The van der Waals surface area contributed by atoms with Crippen LogP contribution in [0.1, 0.15) is 20.7 Å². The Hall–Kier alpha value is -3.98. The van der Waals surface area contributed by atoms with E-state index in [0.29, 0.717) is 11.5 Å². The lowest BCUT2D eigenvalue weighted by Gasteiger charge is -2.17. The Morgan fingerprint density at radius 3 is 1.38 bits per heavy atom. The molecular formula is C26H32O14. The van der Waals surface area contributed by atoms with Crippen LogP contribution in [-0.4, -0.2) is 81.0 Å². The van der Waals surface area contributed by atoms with Crippen LogP contribution in [0.5, 0.6) is 34.5 Å². The third-order valence-corrected chi connectivity index (χ3v) is 5.01. The van der Waals surface area contributed by atoms with Crippen LogP contribution >= 0.6 is 0 Å². The Labute approximate surface area is 231 Å². The van der Waals surface area contributed by atoms with E-state index in [1.54, 1.807) is 0 Å². The lowest BCUT2D eigenvalue weighted by atomic mass is 10.1. The van der Waals surface area contributed by atoms with Gasteiger partial charge in [-0.3, -0.25) is 9.78 Å². The van der Waals surface area contributed by atoms with Crippen LogP contribution in [0, 0.1) is 13.2 Å². The molecule has 14 heteroatoms. The highest BCUT2D eigenvalue weighted by Crippen LogP contribution is 2.41. The number of carbonyl (C=O) groups is 2. The Morgan fingerprint density at radius 2 is 1.00 bits per heavy atom. The number of ether oxygens (including phenoxy) is 8. The Kier molecular flexibility index (Phi) is 13.6. The molecule has 0 saturated carbocycles. The monoisotopic (exact) mass is 568 g/mol. The number of methoxy groups -OCH3 is 6. The Bertz CT molecular complexity index is 1020. The van der Waals surface area contributed by atoms with Gasteiger partial charge in [-0.1, -0.05) is 0 Å². The second kappa shape index (κ2) is 16.9. The zero-order chi connectivity index (χ0) is 29.5. The third kappa shape index (κ3) is 8.26. The number of hydrogen-bond donors (Lipinski definition) is 0. The number of benzene rings is 2. The molecule has 0 heterocycles. The minimum atomic E-state index is -0.993. The van der Waals surface area contributed by atoms with Crippen LogP contribution in [0.3, 0.4) is 0 Å². The molecule has 2 rings (SSSR count). The van der Waals surface area contributed by atoms with Crippen molar-refractivity contribution in [3.63, 3.8) is 0 Å². The largest absolute Gasteiger partial charge is 0.493 e. The van der Waals surface area contributed by atoms with Crippen LogP contribution in [0.25, 0.3) is 0 Å². The van der Waals surface area contributed by atoms with Gasteiger partial charge in [-0.2, -0.15) is 0 Å². The first-order valence-electron chi connectivity index (χ1n) is 11.6. The smallest absolute Gasteiger partial charge is 0.377 e. The minimum absolute atomic E-state index is 0.0338. The van der Waals surface area contributed by atoms with Crippen molar-refractivity contribution in [2.45, 2.75) is 0 Å². The van der Waals surface area contributed by atoms with Crippen molar-refractivity contribution in [1.29, 1.82) is 0 Å². The molecular weight excluding hydrogens is 536 g/mol. The van der Waals surface area contributed by atoms with Crippen LogP contribution in [-0.2, 0) is 29.0 Å². The van der Waals surface area contributed by atoms with E-state index < -0.39 is 24.8 Å². The molecule has 0 aliphatic rings. The second-order valence-electron chi connectivity index (χ2n) is 7.21. The van der Waals surface area contributed by atoms with Gasteiger partial charge in [-0.05, 0) is 31.2 Å². The minimum Gasteiger partial charge on any atom is -0.493 e. The average molecular weight is 569 g/mol. The van der Waals surface area contributed by atoms with Gasteiger partial charge < -0.3 is 37.9 Å². The van der Waals surface area contributed by atoms with E-state index in [1.165, 1.54) is 66.9 Å². The highest BCUT2D eigenvalue weighted by Gasteiger charge is 2.28. The maximum atomic E-state index is 12.8. The average Bonchev–Trinajstić information content (AvgIpc) is 2.99. The molecule has 2 radical (unpaired) electrons. The quantitative estimate of drug-likeness (QED) is 0.147. The molecule has 0 spiro atoms. The number of rotatable bonds is 18. The molecule has 0 aliphatic carbocycles. The van der Waals surface area contributed by atoms with Gasteiger partial charge in [0.25, 0.3) is 0 Å². The van der Waals surface area contributed by atoms with E-state index in [0.717, 1.165) is 0 Å². The summed E-state index contributed by atoms with van der Waals surface area (Å²) in [5, 5.41) is 0. The third-order valence-electron chi connectivity index (χ3n) is 5.01. The molecule has 0 bridgehead atoms. The number of hydrogen-bond acceptors (Lipinski definition) is 14. The Balaban J connectivity index is 2.16. The van der Waals surface area contributed by atoms with Crippen molar-refractivity contribution in [1.82, 2.24) is 0 Å². The van der Waals surface area contributed by atoms with E-state index in [-0.39, 0.29) is 53.9 Å². The van der Waals surface area contributed by atoms with Gasteiger partial charge in [0.1, 0.15) is 17.7 Å². The van der Waals surface area contributed by atoms with E-state index in [1.807, 2.05) is 0 Å². The summed E-state index contributed by atoms with van der Waals surface area (Å²) < 4.78 is 41.9. The molecule has 0 saturated heterocycles. The highest BCUT2D eigenvalue weighted by molar-refractivity contribution is 5.94. The zero-order valence-electron chi connectivity index (χ0n) is 23.1. The summed E-state index contributed by atoms with van der Waals surface area (Å²) in [7, 11) is 8.28. The first-order chi connectivity index (χ1) is 19.4. The molecule has 0 amide bonds. The lowest BCUT2D eigenvalue weighted by molar-refractivity contribution is -0.368. The predicted molar refractivity (Wildman–Crippen MR) is 135 cm³/mol. The van der Waals surface area contributed by atoms with Crippen molar-refractivity contribution in [2.24, 2.45) is 0 Å². The molecule has 0 unspecified atom stereocenters. The van der Waals surface area contributed by atoms with E-state index in [2.05, 4.69) is 6.92 Å². The first kappa shape index (κ1) is 32.2. The van der Waals surface area contributed by atoms with Crippen molar-refractivity contribution < 1.29 is 67.0 Å². The van der Waals surface area contributed by atoms with Gasteiger partial charge in [0.15, 0.2) is 23.0 Å². The normalized spacial score (nSPS) is 10.6. The predicted octanol–water partition coefficient (Wildman–Crippen LogP) is 2.97. The molecule has 0 N–H and O–H groups in total. The SMILES string of the molecule is [CH2]COCCOC[C](OOC(=O)c1ccc(OC)c(OC)c1OC)OOC(=O)c1ccc(OC)c(OC)c1OC. The summed E-state index contributed by atoms with van der Waals surface area (Å²) in [6.07, 6.45) is -0.532. The Morgan fingerprint density at radius 1 is 0.575 bits per heavy atom. The molecule has 40 heavy (non-hydrogen) atoms. The molecule has 0 atom stereocenters. The zero-order valence-corrected chi connectivity index (χ0v) is 23.1. The molecule has 2 aromatic rings. The lowest BCUT2D eigenvalue weighted by Crippen LogP contribution is -2.21. The summed E-state index contributed by atoms with van der Waals surface area (Å²) in [6, 6.07) is 5.71. The second-order valence-corrected chi connectivity index (χ2v) is 7.21. The molecule has 220 valence electrons. The fourth-order valence-electron chi connectivity index (χ4n) is 3.22. The van der Waals surface area contributed by atoms with E-state index in [4.69, 9.17) is 57.4 Å². The topological polar surface area (TPSA) is 145 Å². The van der Waals surface area contributed by atoms with Gasteiger partial charge in [0.05, 0.1) is 55.9 Å². The maximum Gasteiger partial charge on any atom is 0.377 e. The van der Waals surface area contributed by atoms with Gasteiger partial charge in [-0.15, -0.1) is 9.78 Å². The summed E-state index contributed by atoms with van der Waals surface area (Å²) in [5.74, 6) is -0.958. The van der Waals surface area contributed by atoms with Crippen molar-refractivity contribution >= 4 is 11.9 Å². The van der Waals surface area contributed by atoms with E-state index >= 15 is 0 Å². The molecule has 0 aromatic heterocycles. The van der Waals surface area contributed by atoms with Gasteiger partial charge >= 0.3 is 18.2 Å². The van der Waals surface area contributed by atoms with Crippen molar-refractivity contribution in [3.8, 4) is 34.5 Å². The van der Waals surface area contributed by atoms with Crippen molar-refractivity contribution in [3.05, 3.63) is 48.6 Å². The van der Waals surface area contributed by atoms with Crippen LogP contribution < -0.4 is 28.4 Å². The molecule has 2 aromatic carbocycles. The van der Waals surface area contributed by atoms with Crippen molar-refractivity contribution in [2.75, 3.05) is 69.1 Å². The summed E-state index contributed by atoms with van der Waals surface area (Å²) in [5.41, 5.74) is -0.118. The van der Waals surface area contributed by atoms with Gasteiger partial charge in [0.2, 0.25) is 11.5 Å². The van der Waals surface area contributed by atoms with Gasteiger partial charge in [-0.25, -0.2) is 9.59 Å². The van der Waals surface area contributed by atoms with Crippen LogP contribution in [0.4, 0.5) is 0 Å². The molecule has 0 fully saturated rings. The fraction of sp³-hybridized carbons (Fsp3) is 0.385. The van der Waals surface area contributed by atoms with Crippen LogP contribution in [0.2, 0.25) is 0 Å². The summed E-state index contributed by atoms with van der Waals surface area (Å²) in [6.45, 7) is 3.68. The van der Waals surface area contributed by atoms with Crippen LogP contribution in [0.15, 0.2) is 24.3 Å². The first-order valence-corrected chi connectivity index (χ1v) is 11.6. The maximum absolute atomic E-state index is 12.8. The van der Waals surface area contributed by atoms with E-state index in [9.17, 15) is 9.59 Å². The molecule has 14 nitrogen and oxygen atoms in total. The number of carbonyl (C=O) groups excluding carboxylic acids is 2. The summed E-state index contributed by atoms with van der Waals surface area (Å²) >= 11 is 0. The standard InChI is InChI=1S/C26H32O14/c1-8-35-13-14-36-15-20(37-39-25(27)16-9-11-18(29-2)23(33-6)21(16)31-4)38-40-26(28)17-10-12-19(30-3)24(34-7)22(17)32-5/h9-12H,1,8,13-15H2,2-7H3. The molecule has 0 aliphatic heterocycles. The summed E-state index contributed by atoms with van der Waals surface area (Å²) in [4.78, 5) is 45.3.